The molecule has 2 aromatic heterocycles. The number of hydrogen-bond acceptors (Lipinski definition) is 3. The van der Waals surface area contributed by atoms with E-state index in [0.29, 0.717) is 36.9 Å². The van der Waals surface area contributed by atoms with E-state index in [0.717, 1.165) is 27.2 Å². The Labute approximate surface area is 192 Å². The van der Waals surface area contributed by atoms with Gasteiger partial charge >= 0.3 is 12.1 Å². The van der Waals surface area contributed by atoms with Gasteiger partial charge < -0.3 is 15.0 Å². The Kier molecular flexibility index (Phi) is 4.73. The lowest BCUT2D eigenvalue weighted by molar-refractivity contribution is -0.230. The average molecular weight is 477 g/mol. The molecular formula is C24H23F3N2O3S. The monoisotopic (exact) mass is 476 g/mol. The first kappa shape index (κ1) is 22.0. The zero-order valence-electron chi connectivity index (χ0n) is 18.1. The normalized spacial score (nSPS) is 24.8. The molecule has 2 heterocycles. The highest BCUT2D eigenvalue weighted by Gasteiger charge is 2.73. The number of thiophene rings is 1. The molecule has 3 aliphatic rings. The minimum absolute atomic E-state index is 0.140. The SMILES string of the molecule is Cc1sc2ccn(Cc3ccc(C(F)(F)F)cc3)c2c1C(=O)NC(C)C12CC(C(=O)O)(C1)C2. The van der Waals surface area contributed by atoms with Gasteiger partial charge in [-0.2, -0.15) is 13.2 Å². The van der Waals surface area contributed by atoms with Gasteiger partial charge in [0.05, 0.1) is 26.8 Å². The molecular weight excluding hydrogens is 453 g/mol. The highest BCUT2D eigenvalue weighted by molar-refractivity contribution is 7.19. The number of aromatic nitrogens is 1. The number of fused-ring (bicyclic) bond motifs is 1. The minimum Gasteiger partial charge on any atom is -0.481 e. The van der Waals surface area contributed by atoms with Crippen molar-refractivity contribution >= 4 is 33.4 Å². The van der Waals surface area contributed by atoms with Gasteiger partial charge in [0.1, 0.15) is 0 Å². The quantitative estimate of drug-likeness (QED) is 0.497. The van der Waals surface area contributed by atoms with Crippen LogP contribution in [0.15, 0.2) is 36.5 Å². The zero-order chi connectivity index (χ0) is 23.8. The lowest BCUT2D eigenvalue weighted by Crippen LogP contribution is -2.71. The van der Waals surface area contributed by atoms with Crippen molar-refractivity contribution in [3.63, 3.8) is 0 Å². The predicted octanol–water partition coefficient (Wildman–Crippen LogP) is 5.45. The Balaban J connectivity index is 1.36. The molecule has 0 saturated heterocycles. The van der Waals surface area contributed by atoms with E-state index in [1.165, 1.54) is 23.5 Å². The Morgan fingerprint density at radius 1 is 1.18 bits per heavy atom. The van der Waals surface area contributed by atoms with E-state index in [9.17, 15) is 27.9 Å². The first-order valence-electron chi connectivity index (χ1n) is 10.7. The fourth-order valence-electron chi connectivity index (χ4n) is 5.55. The number of nitrogens with one attached hydrogen (secondary N) is 1. The molecule has 0 aliphatic heterocycles. The van der Waals surface area contributed by atoms with Gasteiger partial charge in [0.25, 0.3) is 5.91 Å². The van der Waals surface area contributed by atoms with Crippen molar-refractivity contribution in [2.45, 2.75) is 51.9 Å². The molecule has 3 saturated carbocycles. The number of aliphatic carboxylic acids is 1. The number of alkyl halides is 3. The Morgan fingerprint density at radius 3 is 2.39 bits per heavy atom. The summed E-state index contributed by atoms with van der Waals surface area (Å²) in [5, 5.41) is 12.4. The van der Waals surface area contributed by atoms with Crippen molar-refractivity contribution in [2.75, 3.05) is 0 Å². The smallest absolute Gasteiger partial charge is 0.416 e. The van der Waals surface area contributed by atoms with Crippen LogP contribution in [0.1, 0.15) is 52.5 Å². The summed E-state index contributed by atoms with van der Waals surface area (Å²) in [5.74, 6) is -0.952. The van der Waals surface area contributed by atoms with Gasteiger partial charge in [-0.1, -0.05) is 12.1 Å². The van der Waals surface area contributed by atoms with E-state index in [1.54, 1.807) is 0 Å². The molecule has 0 radical (unpaired) electrons. The van der Waals surface area contributed by atoms with Crippen molar-refractivity contribution in [3.8, 4) is 0 Å². The second-order valence-electron chi connectivity index (χ2n) is 9.56. The first-order chi connectivity index (χ1) is 15.4. The first-order valence-corrected chi connectivity index (χ1v) is 11.5. The van der Waals surface area contributed by atoms with Gasteiger partial charge in [-0.15, -0.1) is 11.3 Å². The molecule has 2 bridgehead atoms. The number of rotatable bonds is 6. The largest absolute Gasteiger partial charge is 0.481 e. The standard InChI is InChI=1S/C24H23F3N2O3S/c1-13-18(20(30)28-14(2)22-10-23(11-22,12-22)21(31)32)19-17(33-13)7-8-29(19)9-15-3-5-16(6-4-15)24(25,26)27/h3-8,14H,9-12H2,1-2H3,(H,28,30)(H,31,32). The summed E-state index contributed by atoms with van der Waals surface area (Å²) in [7, 11) is 0. The molecule has 5 nitrogen and oxygen atoms in total. The number of carbonyl (C=O) groups excluding carboxylic acids is 1. The van der Waals surface area contributed by atoms with Gasteiger partial charge in [0.2, 0.25) is 0 Å². The van der Waals surface area contributed by atoms with Crippen LogP contribution in [0.3, 0.4) is 0 Å². The van der Waals surface area contributed by atoms with Crippen LogP contribution in [-0.2, 0) is 17.5 Å². The number of benzene rings is 1. The van der Waals surface area contributed by atoms with Crippen molar-refractivity contribution < 1.29 is 27.9 Å². The number of nitrogens with zero attached hydrogens (tertiary/aromatic N) is 1. The van der Waals surface area contributed by atoms with E-state index < -0.39 is 23.1 Å². The number of carboxylic acids is 1. The summed E-state index contributed by atoms with van der Waals surface area (Å²) in [4.78, 5) is 25.5. The van der Waals surface area contributed by atoms with Gasteiger partial charge in [-0.05, 0) is 62.3 Å². The Hall–Kier alpha value is -2.81. The number of carbonyl (C=O) groups is 2. The molecule has 1 amide bonds. The molecule has 0 spiro atoms. The molecule has 1 aromatic carbocycles. The van der Waals surface area contributed by atoms with Crippen molar-refractivity contribution in [2.24, 2.45) is 10.8 Å². The minimum atomic E-state index is -4.38. The lowest BCUT2D eigenvalue weighted by Gasteiger charge is -2.70. The summed E-state index contributed by atoms with van der Waals surface area (Å²) < 4.78 is 41.4. The van der Waals surface area contributed by atoms with Crippen LogP contribution in [0.5, 0.6) is 0 Å². The molecule has 3 aliphatic carbocycles. The number of aryl methyl sites for hydroxylation is 1. The molecule has 6 rings (SSSR count). The third kappa shape index (κ3) is 3.36. The van der Waals surface area contributed by atoms with Gasteiger partial charge in [0, 0.05) is 23.7 Å². The molecule has 1 atom stereocenters. The Bertz CT molecular complexity index is 1250. The molecule has 33 heavy (non-hydrogen) atoms. The third-order valence-corrected chi connectivity index (χ3v) is 8.49. The molecule has 174 valence electrons. The molecule has 9 heteroatoms. The van der Waals surface area contributed by atoms with Crippen molar-refractivity contribution in [1.29, 1.82) is 0 Å². The number of hydrogen-bond donors (Lipinski definition) is 2. The van der Waals surface area contributed by atoms with Crippen molar-refractivity contribution in [1.82, 2.24) is 9.88 Å². The zero-order valence-corrected chi connectivity index (χ0v) is 18.9. The van der Waals surface area contributed by atoms with E-state index in [1.807, 2.05) is 30.7 Å². The van der Waals surface area contributed by atoms with E-state index in [2.05, 4.69) is 5.32 Å². The van der Waals surface area contributed by atoms with Crippen LogP contribution in [0.4, 0.5) is 13.2 Å². The highest BCUT2D eigenvalue weighted by Crippen LogP contribution is 2.74. The maximum absolute atomic E-state index is 13.3. The maximum atomic E-state index is 13.3. The third-order valence-electron chi connectivity index (χ3n) is 7.43. The number of carboxylic acid groups (broad SMARTS) is 1. The summed E-state index contributed by atoms with van der Waals surface area (Å²) in [5.41, 5.74) is 0.611. The summed E-state index contributed by atoms with van der Waals surface area (Å²) in [6.07, 6.45) is -0.746. The van der Waals surface area contributed by atoms with Crippen LogP contribution in [0, 0.1) is 17.8 Å². The fraction of sp³-hybridized carbons (Fsp3) is 0.417. The van der Waals surface area contributed by atoms with Gasteiger partial charge in [-0.25, -0.2) is 0 Å². The van der Waals surface area contributed by atoms with E-state index in [4.69, 9.17) is 0 Å². The molecule has 2 N–H and O–H groups in total. The summed E-state index contributed by atoms with van der Waals surface area (Å²) >= 11 is 1.50. The molecule has 1 unspecified atom stereocenters. The van der Waals surface area contributed by atoms with E-state index in [-0.39, 0.29) is 17.4 Å². The second kappa shape index (κ2) is 7.09. The summed E-state index contributed by atoms with van der Waals surface area (Å²) in [6, 6.07) is 6.82. The number of amides is 1. The van der Waals surface area contributed by atoms with Crippen LogP contribution < -0.4 is 5.32 Å². The van der Waals surface area contributed by atoms with Crippen LogP contribution in [0.25, 0.3) is 10.2 Å². The molecule has 3 fully saturated rings. The maximum Gasteiger partial charge on any atom is 0.416 e. The topological polar surface area (TPSA) is 71.3 Å². The summed E-state index contributed by atoms with van der Waals surface area (Å²) in [6.45, 7) is 4.16. The van der Waals surface area contributed by atoms with Gasteiger partial charge in [0.15, 0.2) is 0 Å². The van der Waals surface area contributed by atoms with E-state index >= 15 is 0 Å². The van der Waals surface area contributed by atoms with Crippen LogP contribution in [0.2, 0.25) is 0 Å². The fourth-order valence-corrected chi connectivity index (χ4v) is 6.62. The Morgan fingerprint density at radius 2 is 1.82 bits per heavy atom. The number of halogens is 3. The average Bonchev–Trinajstić information content (AvgIpc) is 3.17. The highest BCUT2D eigenvalue weighted by atomic mass is 32.1. The van der Waals surface area contributed by atoms with Crippen LogP contribution in [-0.4, -0.2) is 27.6 Å². The second-order valence-corrected chi connectivity index (χ2v) is 10.8. The lowest BCUT2D eigenvalue weighted by atomic mass is 9.33. The molecule has 3 aromatic rings. The predicted molar refractivity (Wildman–Crippen MR) is 118 cm³/mol. The van der Waals surface area contributed by atoms with Crippen molar-refractivity contribution in [3.05, 3.63) is 58.1 Å². The van der Waals surface area contributed by atoms with Crippen LogP contribution >= 0.6 is 11.3 Å². The van der Waals surface area contributed by atoms with Gasteiger partial charge in [-0.3, -0.25) is 9.59 Å².